The number of ether oxygens (including phenoxy) is 1. The minimum Gasteiger partial charge on any atom is -0.494 e. The van der Waals surface area contributed by atoms with Gasteiger partial charge >= 0.3 is 0 Å². The topological polar surface area (TPSA) is 21.3 Å². The Balaban J connectivity index is 2.87. The normalized spacial score (nSPS) is 20.4. The molecule has 0 fully saturated rings. The van der Waals surface area contributed by atoms with E-state index in [1.54, 1.807) is 0 Å². The van der Waals surface area contributed by atoms with Crippen molar-refractivity contribution in [1.29, 1.82) is 0 Å². The van der Waals surface area contributed by atoms with Crippen molar-refractivity contribution in [2.24, 2.45) is 0 Å². The maximum Gasteiger partial charge on any atom is 0.150 e. The number of hydrogen-bond donors (Lipinski definition) is 1. The zero-order valence-corrected chi connectivity index (χ0v) is 9.86. The van der Waals surface area contributed by atoms with Crippen molar-refractivity contribution < 1.29 is 9.13 Å². The zero-order valence-electron chi connectivity index (χ0n) is 9.86. The van der Waals surface area contributed by atoms with Gasteiger partial charge in [-0.2, -0.15) is 0 Å². The Kier molecular flexibility index (Phi) is 4.19. The number of rotatable bonds is 4. The van der Waals surface area contributed by atoms with Gasteiger partial charge in [-0.3, -0.25) is 0 Å². The fourth-order valence-electron chi connectivity index (χ4n) is 1.46. The molecule has 2 nitrogen and oxygen atoms in total. The first kappa shape index (κ1) is 12.4. The van der Waals surface area contributed by atoms with E-state index in [1.165, 1.54) is 13.2 Å². The van der Waals surface area contributed by atoms with Crippen LogP contribution in [0.2, 0.25) is 0 Å². The average molecular weight is 221 g/mol. The second-order valence-corrected chi connectivity index (χ2v) is 3.59. The van der Waals surface area contributed by atoms with E-state index in [0.717, 1.165) is 11.3 Å². The molecule has 16 heavy (non-hydrogen) atoms. The van der Waals surface area contributed by atoms with Crippen LogP contribution in [-0.4, -0.2) is 13.2 Å². The predicted molar refractivity (Wildman–Crippen MR) is 63.0 cm³/mol. The van der Waals surface area contributed by atoms with E-state index >= 15 is 0 Å². The van der Waals surface area contributed by atoms with Crippen molar-refractivity contribution >= 4 is 0 Å². The lowest BCUT2D eigenvalue weighted by Gasteiger charge is -2.16. The van der Waals surface area contributed by atoms with Crippen LogP contribution in [0.4, 0.5) is 4.39 Å². The van der Waals surface area contributed by atoms with Gasteiger partial charge in [0.15, 0.2) is 0 Å². The minimum atomic E-state index is -0.350. The molecular formula is C13H16FNO. The SMILES string of the molecule is C=C/C(OC)=C(/F)CC1=C(C)NC(C)C#C1. The highest BCUT2D eigenvalue weighted by molar-refractivity contribution is 5.40. The first-order valence-corrected chi connectivity index (χ1v) is 5.11. The van der Waals surface area contributed by atoms with Crippen molar-refractivity contribution in [2.45, 2.75) is 26.3 Å². The van der Waals surface area contributed by atoms with Gasteiger partial charge in [0.1, 0.15) is 11.6 Å². The summed E-state index contributed by atoms with van der Waals surface area (Å²) in [4.78, 5) is 0. The van der Waals surface area contributed by atoms with Crippen LogP contribution >= 0.6 is 0 Å². The number of allylic oxidation sites excluding steroid dienone is 4. The summed E-state index contributed by atoms with van der Waals surface area (Å²) in [5, 5.41) is 3.16. The molecule has 0 spiro atoms. The largest absolute Gasteiger partial charge is 0.494 e. The molecule has 0 aromatic heterocycles. The quantitative estimate of drug-likeness (QED) is 0.447. The van der Waals surface area contributed by atoms with Crippen molar-refractivity contribution in [3.63, 3.8) is 0 Å². The molecule has 1 aliphatic rings. The van der Waals surface area contributed by atoms with Crippen molar-refractivity contribution in [1.82, 2.24) is 5.32 Å². The molecule has 0 saturated heterocycles. The average Bonchev–Trinajstić information content (AvgIpc) is 2.24. The Morgan fingerprint density at radius 1 is 1.69 bits per heavy atom. The third kappa shape index (κ3) is 2.90. The van der Waals surface area contributed by atoms with Crippen LogP contribution in [0.25, 0.3) is 0 Å². The summed E-state index contributed by atoms with van der Waals surface area (Å²) < 4.78 is 18.5. The lowest BCUT2D eigenvalue weighted by Crippen LogP contribution is -2.26. The monoisotopic (exact) mass is 221 g/mol. The van der Waals surface area contributed by atoms with E-state index in [-0.39, 0.29) is 24.0 Å². The van der Waals surface area contributed by atoms with Crippen LogP contribution in [0.1, 0.15) is 20.3 Å². The van der Waals surface area contributed by atoms with Gasteiger partial charge < -0.3 is 10.1 Å². The predicted octanol–water partition coefficient (Wildman–Crippen LogP) is 2.66. The molecule has 0 bridgehead atoms. The van der Waals surface area contributed by atoms with Crippen LogP contribution < -0.4 is 5.32 Å². The molecule has 0 aromatic rings. The second kappa shape index (κ2) is 5.41. The van der Waals surface area contributed by atoms with E-state index in [1.807, 2.05) is 13.8 Å². The molecule has 1 rings (SSSR count). The summed E-state index contributed by atoms with van der Waals surface area (Å²) in [5.41, 5.74) is 1.67. The summed E-state index contributed by atoms with van der Waals surface area (Å²) >= 11 is 0. The van der Waals surface area contributed by atoms with Crippen LogP contribution in [0.3, 0.4) is 0 Å². The molecule has 1 aliphatic heterocycles. The molecule has 0 radical (unpaired) electrons. The molecule has 0 aliphatic carbocycles. The first-order chi connectivity index (χ1) is 7.58. The molecule has 0 amide bonds. The summed E-state index contributed by atoms with van der Waals surface area (Å²) in [7, 11) is 1.42. The molecule has 86 valence electrons. The van der Waals surface area contributed by atoms with E-state index < -0.39 is 0 Å². The molecule has 0 aromatic carbocycles. The molecule has 1 atom stereocenters. The van der Waals surface area contributed by atoms with Crippen LogP contribution in [0.5, 0.6) is 0 Å². The van der Waals surface area contributed by atoms with E-state index in [0.29, 0.717) is 0 Å². The fourth-order valence-corrected chi connectivity index (χ4v) is 1.46. The van der Waals surface area contributed by atoms with E-state index in [2.05, 4.69) is 23.7 Å². The van der Waals surface area contributed by atoms with Crippen molar-refractivity contribution in [3.05, 3.63) is 35.5 Å². The third-order valence-corrected chi connectivity index (χ3v) is 2.33. The minimum absolute atomic E-state index is 0.122. The number of methoxy groups -OCH3 is 1. The third-order valence-electron chi connectivity index (χ3n) is 2.33. The molecule has 1 heterocycles. The lowest BCUT2D eigenvalue weighted by molar-refractivity contribution is 0.289. The van der Waals surface area contributed by atoms with Gasteiger partial charge in [0, 0.05) is 17.7 Å². The van der Waals surface area contributed by atoms with E-state index in [9.17, 15) is 4.39 Å². The highest BCUT2D eigenvalue weighted by atomic mass is 19.1. The number of hydrogen-bond acceptors (Lipinski definition) is 2. The number of halogens is 1. The molecule has 1 N–H and O–H groups in total. The summed E-state index contributed by atoms with van der Waals surface area (Å²) in [6.07, 6.45) is 1.51. The lowest BCUT2D eigenvalue weighted by atomic mass is 10.1. The van der Waals surface area contributed by atoms with Gasteiger partial charge in [-0.15, -0.1) is 0 Å². The smallest absolute Gasteiger partial charge is 0.150 e. The van der Waals surface area contributed by atoms with Gasteiger partial charge in [0.2, 0.25) is 0 Å². The Labute approximate surface area is 95.9 Å². The highest BCUT2D eigenvalue weighted by Crippen LogP contribution is 2.20. The molecule has 3 heteroatoms. The standard InChI is InChI=1S/C13H16FNO/c1-5-13(16-4)12(14)8-11-7-6-9(2)15-10(11)3/h5,9,15H,1,8H2,2-4H3/b13-12-. The summed E-state index contributed by atoms with van der Waals surface area (Å²) in [6, 6.07) is 0.122. The van der Waals surface area contributed by atoms with Crippen molar-refractivity contribution in [3.8, 4) is 11.8 Å². The maximum atomic E-state index is 13.7. The van der Waals surface area contributed by atoms with Crippen molar-refractivity contribution in [2.75, 3.05) is 7.11 Å². The van der Waals surface area contributed by atoms with Crippen LogP contribution in [-0.2, 0) is 4.74 Å². The first-order valence-electron chi connectivity index (χ1n) is 5.11. The Morgan fingerprint density at radius 2 is 2.38 bits per heavy atom. The van der Waals surface area contributed by atoms with Gasteiger partial charge in [0.05, 0.1) is 13.2 Å². The molecular weight excluding hydrogens is 205 g/mol. The van der Waals surface area contributed by atoms with Gasteiger partial charge in [-0.1, -0.05) is 18.4 Å². The number of nitrogens with one attached hydrogen (secondary N) is 1. The Hall–Kier alpha value is -1.69. The fraction of sp³-hybridized carbons (Fsp3) is 0.385. The molecule has 1 unspecified atom stereocenters. The maximum absolute atomic E-state index is 13.7. The molecule has 0 saturated carbocycles. The van der Waals surface area contributed by atoms with E-state index in [4.69, 9.17) is 4.74 Å². The Morgan fingerprint density at radius 3 is 2.88 bits per heavy atom. The summed E-state index contributed by atoms with van der Waals surface area (Å²) in [6.45, 7) is 7.34. The zero-order chi connectivity index (χ0) is 12.1. The summed E-state index contributed by atoms with van der Waals surface area (Å²) in [5.74, 6) is 5.74. The van der Waals surface area contributed by atoms with Crippen LogP contribution in [0.15, 0.2) is 35.5 Å². The highest BCUT2D eigenvalue weighted by Gasteiger charge is 2.12. The van der Waals surface area contributed by atoms with Gasteiger partial charge in [-0.25, -0.2) is 4.39 Å². The van der Waals surface area contributed by atoms with Crippen LogP contribution in [0, 0.1) is 11.8 Å². The van der Waals surface area contributed by atoms with Gasteiger partial charge in [0.25, 0.3) is 0 Å². The Bertz CT molecular complexity index is 409. The van der Waals surface area contributed by atoms with Gasteiger partial charge in [-0.05, 0) is 19.9 Å². The second-order valence-electron chi connectivity index (χ2n) is 3.59.